The summed E-state index contributed by atoms with van der Waals surface area (Å²) in [5.41, 5.74) is 1.12. The first-order valence-corrected chi connectivity index (χ1v) is 6.09. The van der Waals surface area contributed by atoms with Crippen LogP contribution in [0.1, 0.15) is 38.2 Å². The Kier molecular flexibility index (Phi) is 5.72. The Morgan fingerprint density at radius 3 is 2.83 bits per heavy atom. The van der Waals surface area contributed by atoms with Crippen LogP contribution in [0.2, 0.25) is 0 Å². The summed E-state index contributed by atoms with van der Waals surface area (Å²) >= 11 is 0. The highest BCUT2D eigenvalue weighted by Crippen LogP contribution is 2.25. The van der Waals surface area contributed by atoms with E-state index >= 15 is 0 Å². The van der Waals surface area contributed by atoms with Crippen LogP contribution in [-0.2, 0) is 4.79 Å². The van der Waals surface area contributed by atoms with Gasteiger partial charge in [-0.05, 0) is 18.6 Å². The number of hydrogen-bond acceptors (Lipinski definition) is 3. The van der Waals surface area contributed by atoms with E-state index < -0.39 is 0 Å². The van der Waals surface area contributed by atoms with Gasteiger partial charge in [-0.15, -0.1) is 0 Å². The minimum atomic E-state index is -0.0218. The molecule has 0 aliphatic rings. The van der Waals surface area contributed by atoms with Gasteiger partial charge in [0.25, 0.3) is 0 Å². The zero-order valence-corrected chi connectivity index (χ0v) is 10.8. The Labute approximate surface area is 108 Å². The number of nitrogens with zero attached hydrogens (tertiary/aromatic N) is 1. The fourth-order valence-corrected chi connectivity index (χ4v) is 1.61. The van der Waals surface area contributed by atoms with E-state index in [1.165, 1.54) is 7.11 Å². The molecule has 0 aromatic heterocycles. The minimum absolute atomic E-state index is 0.0218. The minimum Gasteiger partial charge on any atom is -0.495 e. The van der Waals surface area contributed by atoms with Crippen LogP contribution in [0.15, 0.2) is 18.2 Å². The van der Waals surface area contributed by atoms with E-state index in [0.29, 0.717) is 23.4 Å². The lowest BCUT2D eigenvalue weighted by molar-refractivity contribution is -0.116. The maximum atomic E-state index is 11.7. The molecule has 1 aromatic carbocycles. The second-order valence-electron chi connectivity index (χ2n) is 4.03. The molecule has 1 N–H and O–H groups in total. The van der Waals surface area contributed by atoms with Gasteiger partial charge in [-0.1, -0.05) is 19.8 Å². The van der Waals surface area contributed by atoms with Gasteiger partial charge in [0.1, 0.15) is 5.75 Å². The van der Waals surface area contributed by atoms with Crippen LogP contribution in [-0.4, -0.2) is 13.0 Å². The van der Waals surface area contributed by atoms with E-state index in [9.17, 15) is 4.79 Å². The van der Waals surface area contributed by atoms with Crippen LogP contribution >= 0.6 is 0 Å². The molecule has 1 rings (SSSR count). The molecule has 1 aromatic rings. The van der Waals surface area contributed by atoms with Crippen LogP contribution in [0.25, 0.3) is 0 Å². The summed E-state index contributed by atoms with van der Waals surface area (Å²) in [6.45, 7) is 2.10. The van der Waals surface area contributed by atoms with E-state index in [0.717, 1.165) is 19.3 Å². The normalized spacial score (nSPS) is 9.61. The fraction of sp³-hybridized carbons (Fsp3) is 0.429. The van der Waals surface area contributed by atoms with E-state index in [-0.39, 0.29) is 5.91 Å². The highest BCUT2D eigenvalue weighted by Gasteiger charge is 2.08. The lowest BCUT2D eigenvalue weighted by Crippen LogP contribution is -2.11. The zero-order valence-electron chi connectivity index (χ0n) is 10.8. The van der Waals surface area contributed by atoms with Crippen LogP contribution in [0.3, 0.4) is 0 Å². The molecular weight excluding hydrogens is 228 g/mol. The number of amides is 1. The number of benzene rings is 1. The molecule has 0 radical (unpaired) electrons. The van der Waals surface area contributed by atoms with Crippen LogP contribution in [0.5, 0.6) is 5.75 Å². The van der Waals surface area contributed by atoms with Gasteiger partial charge in [-0.2, -0.15) is 5.26 Å². The molecule has 0 aliphatic heterocycles. The molecular formula is C14H18N2O2. The average Bonchev–Trinajstić information content (AvgIpc) is 2.39. The quantitative estimate of drug-likeness (QED) is 0.784. The summed E-state index contributed by atoms with van der Waals surface area (Å²) in [6, 6.07) is 6.99. The van der Waals surface area contributed by atoms with Crippen molar-refractivity contribution in [2.75, 3.05) is 12.4 Å². The lowest BCUT2D eigenvalue weighted by atomic mass is 10.1. The van der Waals surface area contributed by atoms with Gasteiger partial charge in [0, 0.05) is 12.5 Å². The molecule has 4 nitrogen and oxygen atoms in total. The number of carbonyl (C=O) groups excluding carboxylic acids is 1. The highest BCUT2D eigenvalue weighted by molar-refractivity contribution is 5.92. The number of hydrogen-bond donors (Lipinski definition) is 1. The Balaban J connectivity index is 2.66. The first-order valence-electron chi connectivity index (χ1n) is 6.09. The molecule has 0 bridgehead atoms. The number of ether oxygens (including phenoxy) is 1. The van der Waals surface area contributed by atoms with Crippen molar-refractivity contribution < 1.29 is 9.53 Å². The number of unbranched alkanes of at least 4 members (excludes halogenated alkanes) is 2. The average molecular weight is 246 g/mol. The Morgan fingerprint density at radius 1 is 1.44 bits per heavy atom. The first-order chi connectivity index (χ1) is 8.71. The van der Waals surface area contributed by atoms with Gasteiger partial charge < -0.3 is 10.1 Å². The molecule has 18 heavy (non-hydrogen) atoms. The van der Waals surface area contributed by atoms with Crippen molar-refractivity contribution >= 4 is 11.6 Å². The van der Waals surface area contributed by atoms with E-state index in [4.69, 9.17) is 10.00 Å². The Hall–Kier alpha value is -2.02. The second kappa shape index (κ2) is 7.33. The predicted molar refractivity (Wildman–Crippen MR) is 70.5 cm³/mol. The largest absolute Gasteiger partial charge is 0.495 e. The summed E-state index contributed by atoms with van der Waals surface area (Å²) in [5, 5.41) is 11.6. The first kappa shape index (κ1) is 14.0. The van der Waals surface area contributed by atoms with Gasteiger partial charge in [-0.3, -0.25) is 4.79 Å². The van der Waals surface area contributed by atoms with E-state index in [1.54, 1.807) is 18.2 Å². The molecule has 0 saturated heterocycles. The number of nitriles is 1. The number of rotatable bonds is 6. The molecule has 0 atom stereocenters. The third-order valence-electron chi connectivity index (χ3n) is 2.61. The van der Waals surface area contributed by atoms with Crippen molar-refractivity contribution in [3.63, 3.8) is 0 Å². The fourth-order valence-electron chi connectivity index (χ4n) is 1.61. The maximum absolute atomic E-state index is 11.7. The molecule has 96 valence electrons. The van der Waals surface area contributed by atoms with Crippen LogP contribution in [0.4, 0.5) is 5.69 Å². The topological polar surface area (TPSA) is 62.1 Å². The summed E-state index contributed by atoms with van der Waals surface area (Å²) < 4.78 is 5.15. The molecule has 0 aliphatic carbocycles. The molecule has 0 heterocycles. The molecule has 0 spiro atoms. The van der Waals surface area contributed by atoms with Crippen molar-refractivity contribution in [2.45, 2.75) is 32.6 Å². The Morgan fingerprint density at radius 2 is 2.22 bits per heavy atom. The van der Waals surface area contributed by atoms with Gasteiger partial charge in [-0.25, -0.2) is 0 Å². The van der Waals surface area contributed by atoms with Crippen LogP contribution in [0, 0.1) is 11.3 Å². The van der Waals surface area contributed by atoms with Crippen LogP contribution < -0.4 is 10.1 Å². The van der Waals surface area contributed by atoms with Crippen molar-refractivity contribution in [1.82, 2.24) is 0 Å². The maximum Gasteiger partial charge on any atom is 0.224 e. The monoisotopic (exact) mass is 246 g/mol. The molecule has 4 heteroatoms. The number of nitrogens with one attached hydrogen (secondary N) is 1. The van der Waals surface area contributed by atoms with Crippen molar-refractivity contribution in [3.05, 3.63) is 23.8 Å². The highest BCUT2D eigenvalue weighted by atomic mass is 16.5. The zero-order chi connectivity index (χ0) is 13.4. The summed E-state index contributed by atoms with van der Waals surface area (Å²) in [6.07, 6.45) is 3.54. The van der Waals surface area contributed by atoms with Gasteiger partial charge in [0.2, 0.25) is 5.91 Å². The third-order valence-corrected chi connectivity index (χ3v) is 2.61. The molecule has 0 unspecified atom stereocenters. The standard InChI is InChI=1S/C14H18N2O2/c1-3-4-5-6-14(17)16-12-8-7-11(10-15)9-13(12)18-2/h7-9H,3-6H2,1-2H3,(H,16,17). The van der Waals surface area contributed by atoms with Gasteiger partial charge in [0.05, 0.1) is 24.4 Å². The van der Waals surface area contributed by atoms with E-state index in [2.05, 4.69) is 12.2 Å². The summed E-state index contributed by atoms with van der Waals surface area (Å²) in [5.74, 6) is 0.490. The second-order valence-corrected chi connectivity index (χ2v) is 4.03. The number of anilines is 1. The van der Waals surface area contributed by atoms with Crippen molar-refractivity contribution in [2.24, 2.45) is 0 Å². The Bertz CT molecular complexity index is 450. The summed E-state index contributed by atoms with van der Waals surface area (Å²) in [7, 11) is 1.52. The molecule has 0 fully saturated rings. The van der Waals surface area contributed by atoms with Crippen molar-refractivity contribution in [3.8, 4) is 11.8 Å². The SMILES string of the molecule is CCCCCC(=O)Nc1ccc(C#N)cc1OC. The molecule has 0 saturated carbocycles. The smallest absolute Gasteiger partial charge is 0.224 e. The molecule has 1 amide bonds. The van der Waals surface area contributed by atoms with Crippen molar-refractivity contribution in [1.29, 1.82) is 5.26 Å². The van der Waals surface area contributed by atoms with E-state index in [1.807, 2.05) is 6.07 Å². The predicted octanol–water partition coefficient (Wildman–Crippen LogP) is 3.09. The number of methoxy groups -OCH3 is 1. The summed E-state index contributed by atoms with van der Waals surface area (Å²) in [4.78, 5) is 11.7. The number of carbonyl (C=O) groups is 1. The van der Waals surface area contributed by atoms with Gasteiger partial charge in [0.15, 0.2) is 0 Å². The lowest BCUT2D eigenvalue weighted by Gasteiger charge is -2.10. The third kappa shape index (κ3) is 4.10. The van der Waals surface area contributed by atoms with Gasteiger partial charge >= 0.3 is 0 Å².